The highest BCUT2D eigenvalue weighted by Crippen LogP contribution is 2.30. The average Bonchev–Trinajstić information content (AvgIpc) is 2.89. The number of halogens is 2. The Labute approximate surface area is 152 Å². The van der Waals surface area contributed by atoms with Gasteiger partial charge in [-0.05, 0) is 25.1 Å². The van der Waals surface area contributed by atoms with Crippen molar-refractivity contribution in [2.24, 2.45) is 0 Å². The zero-order valence-corrected chi connectivity index (χ0v) is 14.9. The molecule has 2 aromatic rings. The molecule has 24 heavy (non-hydrogen) atoms. The van der Waals surface area contributed by atoms with Crippen molar-refractivity contribution in [2.75, 3.05) is 18.1 Å². The molecular weight excluding hydrogens is 375 g/mol. The van der Waals surface area contributed by atoms with Crippen LogP contribution in [0, 0.1) is 0 Å². The molecular formula is C13H14Cl2N6O2S. The van der Waals surface area contributed by atoms with Crippen molar-refractivity contribution in [2.45, 2.75) is 12.1 Å². The summed E-state index contributed by atoms with van der Waals surface area (Å²) in [5.41, 5.74) is 0.526. The number of nitrogens with two attached hydrogens (primary N) is 1. The second-order valence-electron chi connectivity index (χ2n) is 4.50. The summed E-state index contributed by atoms with van der Waals surface area (Å²) in [7, 11) is 0. The molecule has 1 heterocycles. The van der Waals surface area contributed by atoms with Crippen molar-refractivity contribution in [1.82, 2.24) is 25.5 Å². The first-order chi connectivity index (χ1) is 11.4. The van der Waals surface area contributed by atoms with E-state index in [4.69, 9.17) is 29.0 Å². The number of hydrogen-bond acceptors (Lipinski definition) is 6. The van der Waals surface area contributed by atoms with Crippen molar-refractivity contribution in [1.29, 1.82) is 0 Å². The zero-order valence-electron chi connectivity index (χ0n) is 12.5. The summed E-state index contributed by atoms with van der Waals surface area (Å²) in [6.07, 6.45) is 0. The lowest BCUT2D eigenvalue weighted by molar-refractivity contribution is -0.117. The fraction of sp³-hybridized carbons (Fsp3) is 0.231. The number of thioether (sulfide) groups is 1. The van der Waals surface area contributed by atoms with E-state index >= 15 is 0 Å². The lowest BCUT2D eigenvalue weighted by Gasteiger charge is -2.06. The van der Waals surface area contributed by atoms with Gasteiger partial charge in [0.2, 0.25) is 11.1 Å². The Kier molecular flexibility index (Phi) is 6.29. The van der Waals surface area contributed by atoms with Gasteiger partial charge >= 0.3 is 6.03 Å². The van der Waals surface area contributed by atoms with E-state index < -0.39 is 11.9 Å². The SMILES string of the molecule is CCNC(=O)NC(=O)CSc1nnc(-c2cc(Cl)ccc2Cl)n1N. The highest BCUT2D eigenvalue weighted by atomic mass is 35.5. The quantitative estimate of drug-likeness (QED) is 0.532. The third kappa shape index (κ3) is 4.53. The Morgan fingerprint density at radius 3 is 2.79 bits per heavy atom. The minimum atomic E-state index is -0.552. The summed E-state index contributed by atoms with van der Waals surface area (Å²) in [4.78, 5) is 22.9. The third-order valence-corrected chi connectivity index (χ3v) is 4.26. The first-order valence-electron chi connectivity index (χ1n) is 6.78. The number of hydrogen-bond donors (Lipinski definition) is 3. The minimum Gasteiger partial charge on any atom is -0.338 e. The zero-order chi connectivity index (χ0) is 17.7. The van der Waals surface area contributed by atoms with Gasteiger partial charge in [0.1, 0.15) is 0 Å². The second kappa shape index (κ2) is 8.22. The van der Waals surface area contributed by atoms with Crippen LogP contribution in [0.2, 0.25) is 10.0 Å². The highest BCUT2D eigenvalue weighted by Gasteiger charge is 2.17. The Balaban J connectivity index is 2.06. The molecule has 0 aliphatic carbocycles. The molecule has 0 saturated heterocycles. The number of imide groups is 1. The van der Waals surface area contributed by atoms with E-state index in [-0.39, 0.29) is 5.75 Å². The first-order valence-corrected chi connectivity index (χ1v) is 8.53. The first kappa shape index (κ1) is 18.4. The van der Waals surface area contributed by atoms with E-state index in [0.29, 0.717) is 33.1 Å². The molecule has 3 amide bonds. The fourth-order valence-corrected chi connectivity index (χ4v) is 2.76. The van der Waals surface area contributed by atoms with Gasteiger partial charge in [-0.15, -0.1) is 10.2 Å². The molecule has 0 radical (unpaired) electrons. The summed E-state index contributed by atoms with van der Waals surface area (Å²) < 4.78 is 1.21. The topological polar surface area (TPSA) is 115 Å². The molecule has 0 unspecified atom stereocenters. The number of urea groups is 1. The number of carbonyl (C=O) groups excluding carboxylic acids is 2. The standard InChI is InChI=1S/C13H14Cl2N6O2S/c1-2-17-12(23)18-10(22)6-24-13-20-19-11(21(13)16)8-5-7(14)3-4-9(8)15/h3-5H,2,6,16H2,1H3,(H2,17,18,22,23). The van der Waals surface area contributed by atoms with Gasteiger partial charge in [-0.25, -0.2) is 9.47 Å². The molecule has 1 aromatic carbocycles. The van der Waals surface area contributed by atoms with Crippen molar-refractivity contribution in [3.63, 3.8) is 0 Å². The maximum atomic E-state index is 11.7. The number of benzene rings is 1. The van der Waals surface area contributed by atoms with Gasteiger partial charge in [0.25, 0.3) is 0 Å². The maximum Gasteiger partial charge on any atom is 0.321 e. The van der Waals surface area contributed by atoms with E-state index in [0.717, 1.165) is 11.8 Å². The smallest absolute Gasteiger partial charge is 0.321 e. The van der Waals surface area contributed by atoms with E-state index in [1.807, 2.05) is 0 Å². The Morgan fingerprint density at radius 2 is 2.08 bits per heavy atom. The van der Waals surface area contributed by atoms with E-state index in [2.05, 4.69) is 20.8 Å². The number of amides is 3. The van der Waals surface area contributed by atoms with E-state index in [9.17, 15) is 9.59 Å². The minimum absolute atomic E-state index is 0.0459. The fourth-order valence-electron chi connectivity index (χ4n) is 1.73. The van der Waals surface area contributed by atoms with Crippen LogP contribution < -0.4 is 16.5 Å². The van der Waals surface area contributed by atoms with Gasteiger partial charge < -0.3 is 11.2 Å². The number of carbonyl (C=O) groups is 2. The van der Waals surface area contributed by atoms with Crippen LogP contribution in [0.3, 0.4) is 0 Å². The van der Waals surface area contributed by atoms with Crippen molar-refractivity contribution < 1.29 is 9.59 Å². The van der Waals surface area contributed by atoms with E-state index in [1.165, 1.54) is 4.68 Å². The molecule has 0 atom stereocenters. The molecule has 0 aliphatic heterocycles. The Hall–Kier alpha value is -1.97. The molecule has 0 bridgehead atoms. The molecule has 11 heteroatoms. The summed E-state index contributed by atoms with van der Waals surface area (Å²) in [5.74, 6) is 5.74. The molecule has 8 nitrogen and oxygen atoms in total. The maximum absolute atomic E-state index is 11.7. The van der Waals surface area contributed by atoms with Crippen LogP contribution in [0.1, 0.15) is 6.92 Å². The molecule has 0 saturated carbocycles. The van der Waals surface area contributed by atoms with Crippen molar-refractivity contribution in [3.05, 3.63) is 28.2 Å². The summed E-state index contributed by atoms with van der Waals surface area (Å²) in [6.45, 7) is 2.17. The Morgan fingerprint density at radius 1 is 1.33 bits per heavy atom. The molecule has 2 rings (SSSR count). The lowest BCUT2D eigenvalue weighted by atomic mass is 10.2. The largest absolute Gasteiger partial charge is 0.338 e. The van der Waals surface area contributed by atoms with Crippen molar-refractivity contribution in [3.8, 4) is 11.4 Å². The monoisotopic (exact) mass is 388 g/mol. The van der Waals surface area contributed by atoms with Gasteiger partial charge in [-0.3, -0.25) is 10.1 Å². The van der Waals surface area contributed by atoms with Gasteiger partial charge in [-0.2, -0.15) is 0 Å². The summed E-state index contributed by atoms with van der Waals surface area (Å²) >= 11 is 13.1. The molecule has 128 valence electrons. The normalized spacial score (nSPS) is 10.5. The van der Waals surface area contributed by atoms with Crippen LogP contribution in [-0.4, -0.2) is 39.1 Å². The van der Waals surface area contributed by atoms with Crippen LogP contribution in [0.4, 0.5) is 4.79 Å². The number of nitrogens with zero attached hydrogens (tertiary/aromatic N) is 3. The summed E-state index contributed by atoms with van der Waals surface area (Å²) in [5, 5.41) is 13.7. The van der Waals surface area contributed by atoms with Crippen LogP contribution in [0.25, 0.3) is 11.4 Å². The third-order valence-electron chi connectivity index (χ3n) is 2.76. The molecule has 0 aliphatic rings. The number of nitrogen functional groups attached to an aromatic ring is 1. The number of rotatable bonds is 5. The molecule has 1 aromatic heterocycles. The molecule has 0 spiro atoms. The van der Waals surface area contributed by atoms with Gasteiger partial charge in [-0.1, -0.05) is 35.0 Å². The molecule has 0 fully saturated rings. The second-order valence-corrected chi connectivity index (χ2v) is 6.28. The van der Waals surface area contributed by atoms with Crippen LogP contribution >= 0.6 is 35.0 Å². The summed E-state index contributed by atoms with van der Waals surface area (Å²) in [6, 6.07) is 4.34. The predicted octanol–water partition coefficient (Wildman–Crippen LogP) is 1.90. The molecule has 4 N–H and O–H groups in total. The van der Waals surface area contributed by atoms with Crippen LogP contribution in [-0.2, 0) is 4.79 Å². The number of nitrogens with one attached hydrogen (secondary N) is 2. The Bertz CT molecular complexity index is 767. The average molecular weight is 389 g/mol. The van der Waals surface area contributed by atoms with Crippen LogP contribution in [0.15, 0.2) is 23.4 Å². The van der Waals surface area contributed by atoms with Gasteiger partial charge in [0, 0.05) is 17.1 Å². The number of aromatic nitrogens is 3. The van der Waals surface area contributed by atoms with Crippen LogP contribution in [0.5, 0.6) is 0 Å². The predicted molar refractivity (Wildman–Crippen MR) is 93.6 cm³/mol. The van der Waals surface area contributed by atoms with Gasteiger partial charge in [0.15, 0.2) is 5.82 Å². The lowest BCUT2D eigenvalue weighted by Crippen LogP contribution is -2.40. The highest BCUT2D eigenvalue weighted by molar-refractivity contribution is 7.99. The van der Waals surface area contributed by atoms with Crippen molar-refractivity contribution >= 4 is 46.9 Å². The van der Waals surface area contributed by atoms with Gasteiger partial charge in [0.05, 0.1) is 10.8 Å². The van der Waals surface area contributed by atoms with E-state index in [1.54, 1.807) is 25.1 Å².